The first kappa shape index (κ1) is 19.1. The number of benzene rings is 1. The highest BCUT2D eigenvalue weighted by Gasteiger charge is 2.28. The molecule has 0 saturated carbocycles. The van der Waals surface area contributed by atoms with Crippen LogP contribution in [-0.4, -0.2) is 44.8 Å². The summed E-state index contributed by atoms with van der Waals surface area (Å²) in [7, 11) is 4.48. The molecule has 0 fully saturated rings. The van der Waals surface area contributed by atoms with Crippen molar-refractivity contribution in [2.24, 2.45) is 9.98 Å². The van der Waals surface area contributed by atoms with Crippen LogP contribution in [0.3, 0.4) is 0 Å². The van der Waals surface area contributed by atoms with Gasteiger partial charge >= 0.3 is 0 Å². The molecule has 4 rings (SSSR count). The molecule has 0 radical (unpaired) electrons. The van der Waals surface area contributed by atoms with E-state index >= 15 is 0 Å². The number of aromatic nitrogens is 1. The van der Waals surface area contributed by atoms with Crippen LogP contribution in [0, 0.1) is 11.3 Å². The lowest BCUT2D eigenvalue weighted by Gasteiger charge is -2.25. The molecule has 2 heterocycles. The van der Waals surface area contributed by atoms with Gasteiger partial charge in [-0.15, -0.1) is 0 Å². The predicted octanol–water partition coefficient (Wildman–Crippen LogP) is 2.65. The molecule has 2 aromatic rings. The van der Waals surface area contributed by atoms with Gasteiger partial charge in [-0.2, -0.15) is 5.26 Å². The second-order valence-corrected chi connectivity index (χ2v) is 6.38. The smallest absolute Gasteiger partial charge is 0.218 e. The minimum absolute atomic E-state index is 0.244. The average molecular weight is 403 g/mol. The van der Waals surface area contributed by atoms with Gasteiger partial charge in [0.1, 0.15) is 12.4 Å². The Kier molecular flexibility index (Phi) is 4.90. The Morgan fingerprint density at radius 2 is 1.90 bits per heavy atom. The number of fused-ring (bicyclic) bond motifs is 2. The Morgan fingerprint density at radius 3 is 2.50 bits per heavy atom. The Labute approximate surface area is 172 Å². The Bertz CT molecular complexity index is 1150. The van der Waals surface area contributed by atoms with E-state index in [-0.39, 0.29) is 5.56 Å². The fourth-order valence-corrected chi connectivity index (χ4v) is 3.49. The fourth-order valence-electron chi connectivity index (χ4n) is 3.49. The monoisotopic (exact) mass is 403 g/mol. The van der Waals surface area contributed by atoms with Crippen molar-refractivity contribution in [3.63, 3.8) is 0 Å². The summed E-state index contributed by atoms with van der Waals surface area (Å²) >= 11 is 0. The van der Waals surface area contributed by atoms with Crippen molar-refractivity contribution in [3.8, 4) is 23.3 Å². The maximum atomic E-state index is 12.3. The van der Waals surface area contributed by atoms with Crippen molar-refractivity contribution < 1.29 is 19.0 Å². The molecule has 0 unspecified atom stereocenters. The molecule has 2 aliphatic rings. The summed E-state index contributed by atoms with van der Waals surface area (Å²) in [5.41, 5.74) is 3.93. The number of nitriles is 1. The lowest BCUT2D eigenvalue weighted by Crippen LogP contribution is -2.21. The maximum absolute atomic E-state index is 12.3. The molecule has 0 bridgehead atoms. The number of carbonyl (C=O) groups is 1. The van der Waals surface area contributed by atoms with Crippen LogP contribution < -0.4 is 19.1 Å². The molecular formula is C21H17N5O4. The first-order chi connectivity index (χ1) is 14.6. The largest absolute Gasteiger partial charge is 0.493 e. The molecule has 0 N–H and O–H groups in total. The van der Waals surface area contributed by atoms with E-state index in [2.05, 4.69) is 21.0 Å². The summed E-state index contributed by atoms with van der Waals surface area (Å²) in [5.74, 6) is 1.16. The van der Waals surface area contributed by atoms with E-state index in [1.54, 1.807) is 18.2 Å². The molecule has 9 nitrogen and oxygen atoms in total. The number of allylic oxidation sites excluding steroid dienone is 1. The van der Waals surface area contributed by atoms with Crippen LogP contribution in [0.25, 0.3) is 6.08 Å². The van der Waals surface area contributed by atoms with Gasteiger partial charge in [0.25, 0.3) is 0 Å². The zero-order valence-corrected chi connectivity index (χ0v) is 16.5. The van der Waals surface area contributed by atoms with Gasteiger partial charge in [-0.3, -0.25) is 14.7 Å². The minimum Gasteiger partial charge on any atom is -0.493 e. The highest BCUT2D eigenvalue weighted by atomic mass is 16.5. The molecule has 30 heavy (non-hydrogen) atoms. The third-order valence-electron chi connectivity index (χ3n) is 4.89. The number of aliphatic imine (C=N–C) groups is 2. The number of pyridine rings is 1. The number of amides is 1. The molecule has 1 aromatic carbocycles. The zero-order valence-electron chi connectivity index (χ0n) is 16.5. The molecule has 0 atom stereocenters. The van der Waals surface area contributed by atoms with Crippen molar-refractivity contribution in [1.82, 2.24) is 4.98 Å². The Hall–Kier alpha value is -4.19. The third-order valence-corrected chi connectivity index (χ3v) is 4.89. The van der Waals surface area contributed by atoms with Crippen LogP contribution in [-0.2, 0) is 11.2 Å². The number of rotatable bonds is 6. The first-order valence-corrected chi connectivity index (χ1v) is 8.93. The number of methoxy groups -OCH3 is 3. The summed E-state index contributed by atoms with van der Waals surface area (Å²) < 4.78 is 16.2. The molecule has 0 spiro atoms. The summed E-state index contributed by atoms with van der Waals surface area (Å²) in [6.45, 7) is 0. The summed E-state index contributed by atoms with van der Waals surface area (Å²) in [6, 6.07) is 5.40. The number of anilines is 2. The van der Waals surface area contributed by atoms with E-state index in [0.29, 0.717) is 58.4 Å². The number of hydrogen-bond acceptors (Lipinski definition) is 8. The summed E-state index contributed by atoms with van der Waals surface area (Å²) in [5, 5.41) is 9.71. The van der Waals surface area contributed by atoms with Crippen molar-refractivity contribution in [2.75, 3.05) is 26.2 Å². The molecular weight excluding hydrogens is 386 g/mol. The van der Waals surface area contributed by atoms with Crippen LogP contribution in [0.1, 0.15) is 16.8 Å². The average Bonchev–Trinajstić information content (AvgIpc) is 3.24. The lowest BCUT2D eigenvalue weighted by atomic mass is 9.95. The Balaban J connectivity index is 1.95. The van der Waals surface area contributed by atoms with Crippen LogP contribution >= 0.6 is 0 Å². The van der Waals surface area contributed by atoms with Crippen LogP contribution in [0.2, 0.25) is 0 Å². The van der Waals surface area contributed by atoms with Crippen molar-refractivity contribution in [1.29, 1.82) is 5.26 Å². The number of carbonyl (C=O) groups excluding carboxylic acids is 1. The van der Waals surface area contributed by atoms with E-state index in [0.717, 1.165) is 5.71 Å². The topological polar surface area (TPSA) is 109 Å². The quantitative estimate of drug-likeness (QED) is 0.686. The van der Waals surface area contributed by atoms with E-state index < -0.39 is 0 Å². The van der Waals surface area contributed by atoms with Crippen LogP contribution in [0.4, 0.5) is 11.4 Å². The zero-order chi connectivity index (χ0) is 21.3. The highest BCUT2D eigenvalue weighted by molar-refractivity contribution is 6.14. The van der Waals surface area contributed by atoms with Crippen molar-refractivity contribution >= 4 is 35.9 Å². The van der Waals surface area contributed by atoms with Gasteiger partial charge < -0.3 is 14.2 Å². The van der Waals surface area contributed by atoms with Gasteiger partial charge in [0.2, 0.25) is 12.2 Å². The second kappa shape index (κ2) is 7.67. The third kappa shape index (κ3) is 2.95. The molecule has 0 saturated heterocycles. The fraction of sp³-hybridized carbons (Fsp3) is 0.190. The second-order valence-electron chi connectivity index (χ2n) is 6.38. The van der Waals surface area contributed by atoms with Crippen LogP contribution in [0.15, 0.2) is 34.0 Å². The standard InChI is InChI=1S/C21H17N5O4/c1-28-18-4-13(5-19(29-2)21(18)30-3)26(11-27)20-12(8-22)9-23-15-7-17-16(6-14(15)20)24-10-25-17/h4-6,9-11H,7H2,1-3H3. The first-order valence-electron chi connectivity index (χ1n) is 8.93. The molecule has 9 heteroatoms. The van der Waals surface area contributed by atoms with Crippen molar-refractivity contribution in [2.45, 2.75) is 6.42 Å². The number of hydrogen-bond donors (Lipinski definition) is 0. The van der Waals surface area contributed by atoms with E-state index in [1.165, 1.54) is 38.8 Å². The van der Waals surface area contributed by atoms with Crippen molar-refractivity contribution in [3.05, 3.63) is 40.8 Å². The van der Waals surface area contributed by atoms with Gasteiger partial charge in [-0.1, -0.05) is 0 Å². The summed E-state index contributed by atoms with van der Waals surface area (Å²) in [4.78, 5) is 26.5. The van der Waals surface area contributed by atoms with Gasteiger partial charge in [-0.05, 0) is 6.08 Å². The maximum Gasteiger partial charge on any atom is 0.218 e. The van der Waals surface area contributed by atoms with Gasteiger partial charge in [0.15, 0.2) is 11.5 Å². The number of nitrogens with zero attached hydrogens (tertiary/aromatic N) is 5. The SMILES string of the molecule is COc1cc(N(C=O)c2c(C#N)cnc3c2C=C2N=CN=C2C3)cc(OC)c1OC. The molecule has 150 valence electrons. The van der Waals surface area contributed by atoms with Gasteiger partial charge in [-0.25, -0.2) is 9.98 Å². The predicted molar refractivity (Wildman–Crippen MR) is 111 cm³/mol. The Morgan fingerprint density at radius 1 is 1.17 bits per heavy atom. The number of ether oxygens (including phenoxy) is 3. The lowest BCUT2D eigenvalue weighted by molar-refractivity contribution is -0.106. The molecule has 1 aliphatic heterocycles. The summed E-state index contributed by atoms with van der Waals surface area (Å²) in [6.07, 6.45) is 5.82. The molecule has 1 amide bonds. The molecule has 1 aliphatic carbocycles. The van der Waals surface area contributed by atoms with Gasteiger partial charge in [0, 0.05) is 30.3 Å². The van der Waals surface area contributed by atoms with E-state index in [1.807, 2.05) is 0 Å². The minimum atomic E-state index is 0.244. The molecule has 1 aromatic heterocycles. The van der Waals surface area contributed by atoms with E-state index in [4.69, 9.17) is 14.2 Å². The highest BCUT2D eigenvalue weighted by Crippen LogP contribution is 2.44. The normalized spacial score (nSPS) is 13.4. The van der Waals surface area contributed by atoms with E-state index in [9.17, 15) is 10.1 Å². The van der Waals surface area contributed by atoms with Crippen LogP contribution in [0.5, 0.6) is 17.2 Å². The van der Waals surface area contributed by atoms with Gasteiger partial charge in [0.05, 0.1) is 55.4 Å².